The van der Waals surface area contributed by atoms with E-state index in [4.69, 9.17) is 9.47 Å². The molecule has 0 radical (unpaired) electrons. The third-order valence-electron chi connectivity index (χ3n) is 3.25. The van der Waals surface area contributed by atoms with Crippen LogP contribution < -0.4 is 15.4 Å². The van der Waals surface area contributed by atoms with E-state index in [9.17, 15) is 0 Å². The van der Waals surface area contributed by atoms with E-state index in [1.807, 2.05) is 12.1 Å². The summed E-state index contributed by atoms with van der Waals surface area (Å²) in [6.45, 7) is 12.9. The van der Waals surface area contributed by atoms with Crippen LogP contribution in [0.2, 0.25) is 0 Å². The summed E-state index contributed by atoms with van der Waals surface area (Å²) in [6.07, 6.45) is 3.66. The Balaban J connectivity index is 0.00000625. The molecular weight excluding hydrogens is 443 g/mol. The molecule has 2 N–H and O–H groups in total. The SMILES string of the molecule is CCCOc1ncccc1CN=C(NCC)NCCCOCC(C)C.I. The molecule has 1 aromatic rings. The number of aromatic nitrogens is 1. The fraction of sp³-hybridized carbons (Fsp3) is 0.684. The first kappa shape index (κ1) is 24.9. The van der Waals surface area contributed by atoms with Crippen molar-refractivity contribution in [3.05, 3.63) is 23.9 Å². The molecule has 0 aliphatic carbocycles. The lowest BCUT2D eigenvalue weighted by atomic mass is 10.2. The van der Waals surface area contributed by atoms with E-state index in [0.717, 1.165) is 50.7 Å². The molecule has 0 spiro atoms. The van der Waals surface area contributed by atoms with Gasteiger partial charge in [-0.25, -0.2) is 9.98 Å². The molecule has 0 fully saturated rings. The molecule has 0 atom stereocenters. The lowest BCUT2D eigenvalue weighted by Gasteiger charge is -2.13. The summed E-state index contributed by atoms with van der Waals surface area (Å²) < 4.78 is 11.3. The van der Waals surface area contributed by atoms with Crippen LogP contribution in [-0.4, -0.2) is 43.9 Å². The van der Waals surface area contributed by atoms with Crippen molar-refractivity contribution in [1.29, 1.82) is 0 Å². The number of halogens is 1. The van der Waals surface area contributed by atoms with Crippen molar-refractivity contribution in [1.82, 2.24) is 15.6 Å². The Labute approximate surface area is 175 Å². The number of nitrogens with one attached hydrogen (secondary N) is 2. The molecule has 0 unspecified atom stereocenters. The standard InChI is InChI=1S/C19H34N4O2.HI/c1-5-12-25-18-17(9-7-10-21-18)14-23-19(20-6-2)22-11-8-13-24-15-16(3)4;/h7,9-10,16H,5-6,8,11-15H2,1-4H3,(H2,20,22,23);1H. The average Bonchev–Trinajstić information content (AvgIpc) is 2.61. The predicted octanol–water partition coefficient (Wildman–Crippen LogP) is 3.61. The van der Waals surface area contributed by atoms with E-state index in [1.165, 1.54) is 0 Å². The Morgan fingerprint density at radius 1 is 1.23 bits per heavy atom. The van der Waals surface area contributed by atoms with Gasteiger partial charge in [0.2, 0.25) is 5.88 Å². The highest BCUT2D eigenvalue weighted by Crippen LogP contribution is 2.15. The summed E-state index contributed by atoms with van der Waals surface area (Å²) >= 11 is 0. The number of ether oxygens (including phenoxy) is 2. The van der Waals surface area contributed by atoms with Crippen molar-refractivity contribution < 1.29 is 9.47 Å². The van der Waals surface area contributed by atoms with E-state index in [2.05, 4.69) is 48.3 Å². The highest BCUT2D eigenvalue weighted by atomic mass is 127. The molecule has 150 valence electrons. The van der Waals surface area contributed by atoms with Crippen LogP contribution in [-0.2, 0) is 11.3 Å². The molecule has 1 heterocycles. The van der Waals surface area contributed by atoms with Gasteiger partial charge in [-0.15, -0.1) is 24.0 Å². The summed E-state index contributed by atoms with van der Waals surface area (Å²) in [5.74, 6) is 2.05. The fourth-order valence-electron chi connectivity index (χ4n) is 2.08. The molecule has 7 heteroatoms. The van der Waals surface area contributed by atoms with Crippen molar-refractivity contribution >= 4 is 29.9 Å². The maximum absolute atomic E-state index is 5.69. The summed E-state index contributed by atoms with van der Waals surface area (Å²) in [5, 5.41) is 6.60. The second-order valence-corrected chi connectivity index (χ2v) is 6.26. The molecule has 0 aliphatic rings. The lowest BCUT2D eigenvalue weighted by molar-refractivity contribution is 0.108. The van der Waals surface area contributed by atoms with E-state index in [1.54, 1.807) is 6.20 Å². The summed E-state index contributed by atoms with van der Waals surface area (Å²) in [5.41, 5.74) is 0.994. The maximum Gasteiger partial charge on any atom is 0.218 e. The Kier molecular flexibility index (Phi) is 15.4. The smallest absolute Gasteiger partial charge is 0.218 e. The highest BCUT2D eigenvalue weighted by molar-refractivity contribution is 14.0. The molecule has 0 aromatic carbocycles. The zero-order valence-corrected chi connectivity index (χ0v) is 18.9. The Bertz CT molecular complexity index is 498. The molecule has 0 bridgehead atoms. The third kappa shape index (κ3) is 11.5. The van der Waals surface area contributed by atoms with Crippen LogP contribution in [0.25, 0.3) is 0 Å². The van der Waals surface area contributed by atoms with Crippen molar-refractivity contribution in [3.8, 4) is 5.88 Å². The summed E-state index contributed by atoms with van der Waals surface area (Å²) in [4.78, 5) is 8.93. The number of pyridine rings is 1. The zero-order chi connectivity index (χ0) is 18.3. The van der Waals surface area contributed by atoms with Crippen LogP contribution in [0.1, 0.15) is 46.1 Å². The predicted molar refractivity (Wildman–Crippen MR) is 119 cm³/mol. The normalized spacial score (nSPS) is 11.2. The number of hydrogen-bond donors (Lipinski definition) is 2. The number of hydrogen-bond acceptors (Lipinski definition) is 4. The van der Waals surface area contributed by atoms with Gasteiger partial charge in [0, 0.05) is 38.1 Å². The first-order chi connectivity index (χ1) is 12.2. The fourth-order valence-corrected chi connectivity index (χ4v) is 2.08. The van der Waals surface area contributed by atoms with Crippen molar-refractivity contribution in [3.63, 3.8) is 0 Å². The third-order valence-corrected chi connectivity index (χ3v) is 3.25. The van der Waals surface area contributed by atoms with Crippen LogP contribution in [0.15, 0.2) is 23.3 Å². The van der Waals surface area contributed by atoms with E-state index < -0.39 is 0 Å². The van der Waals surface area contributed by atoms with Gasteiger partial charge in [0.05, 0.1) is 13.2 Å². The van der Waals surface area contributed by atoms with Gasteiger partial charge in [0.1, 0.15) is 0 Å². The molecule has 0 amide bonds. The van der Waals surface area contributed by atoms with Gasteiger partial charge in [0.15, 0.2) is 5.96 Å². The van der Waals surface area contributed by atoms with Crippen LogP contribution in [0.3, 0.4) is 0 Å². The van der Waals surface area contributed by atoms with Crippen molar-refractivity contribution in [2.24, 2.45) is 10.9 Å². The maximum atomic E-state index is 5.69. The molecule has 0 aliphatic heterocycles. The number of rotatable bonds is 12. The van der Waals surface area contributed by atoms with Gasteiger partial charge >= 0.3 is 0 Å². The van der Waals surface area contributed by atoms with Gasteiger partial charge < -0.3 is 20.1 Å². The lowest BCUT2D eigenvalue weighted by Crippen LogP contribution is -2.38. The van der Waals surface area contributed by atoms with Crippen LogP contribution in [0.5, 0.6) is 5.88 Å². The summed E-state index contributed by atoms with van der Waals surface area (Å²) in [6, 6.07) is 3.92. The molecule has 6 nitrogen and oxygen atoms in total. The van der Waals surface area contributed by atoms with Crippen molar-refractivity contribution in [2.45, 2.75) is 47.1 Å². The minimum Gasteiger partial charge on any atom is -0.477 e. The molecule has 1 rings (SSSR count). The van der Waals surface area contributed by atoms with Crippen LogP contribution in [0.4, 0.5) is 0 Å². The van der Waals surface area contributed by atoms with Gasteiger partial charge in [0.25, 0.3) is 0 Å². The van der Waals surface area contributed by atoms with Gasteiger partial charge in [-0.1, -0.05) is 26.8 Å². The largest absolute Gasteiger partial charge is 0.477 e. The first-order valence-electron chi connectivity index (χ1n) is 9.33. The van der Waals surface area contributed by atoms with Crippen molar-refractivity contribution in [2.75, 3.05) is 32.9 Å². The second kappa shape index (κ2) is 16.1. The van der Waals surface area contributed by atoms with Gasteiger partial charge in [-0.2, -0.15) is 0 Å². The van der Waals surface area contributed by atoms with Gasteiger partial charge in [-0.3, -0.25) is 0 Å². The minimum atomic E-state index is 0. The van der Waals surface area contributed by atoms with E-state index in [0.29, 0.717) is 24.9 Å². The average molecular weight is 478 g/mol. The number of nitrogens with zero attached hydrogens (tertiary/aromatic N) is 2. The number of guanidine groups is 1. The quantitative estimate of drug-likeness (QED) is 0.208. The Morgan fingerprint density at radius 2 is 2.04 bits per heavy atom. The molecule has 1 aromatic heterocycles. The molecule has 0 saturated carbocycles. The van der Waals surface area contributed by atoms with Crippen LogP contribution >= 0.6 is 24.0 Å². The minimum absolute atomic E-state index is 0. The molecule has 26 heavy (non-hydrogen) atoms. The molecule has 0 saturated heterocycles. The zero-order valence-electron chi connectivity index (χ0n) is 16.6. The Morgan fingerprint density at radius 3 is 2.73 bits per heavy atom. The second-order valence-electron chi connectivity index (χ2n) is 6.26. The molecular formula is C19H35IN4O2. The van der Waals surface area contributed by atoms with E-state index in [-0.39, 0.29) is 24.0 Å². The summed E-state index contributed by atoms with van der Waals surface area (Å²) in [7, 11) is 0. The monoisotopic (exact) mass is 478 g/mol. The number of aliphatic imine (C=N–C) groups is 1. The van der Waals surface area contributed by atoms with E-state index >= 15 is 0 Å². The first-order valence-corrected chi connectivity index (χ1v) is 9.33. The Hall–Kier alpha value is -1.09. The van der Waals surface area contributed by atoms with Gasteiger partial charge in [-0.05, 0) is 31.7 Å². The van der Waals surface area contributed by atoms with Crippen LogP contribution in [0, 0.1) is 5.92 Å². The highest BCUT2D eigenvalue weighted by Gasteiger charge is 2.05. The topological polar surface area (TPSA) is 67.8 Å².